The predicted octanol–water partition coefficient (Wildman–Crippen LogP) is 4.61. The van der Waals surface area contributed by atoms with Crippen LogP contribution >= 0.6 is 11.6 Å². The minimum Gasteiger partial charge on any atom is -0.322 e. The van der Waals surface area contributed by atoms with E-state index in [0.29, 0.717) is 5.02 Å². The number of nitrogens with one attached hydrogen (secondary N) is 1. The standard InChI is InChI=1S/C17H16ClNO/c1-12-7-9-16(13(2)11-12)19-17(20)10-8-14-5-3-4-6-15(14)18/h3-11H,1-2H3,(H,19,20). The van der Waals surface area contributed by atoms with Gasteiger partial charge in [-0.15, -0.1) is 0 Å². The Kier molecular flexibility index (Phi) is 4.59. The van der Waals surface area contributed by atoms with Crippen molar-refractivity contribution in [3.05, 3.63) is 70.3 Å². The fourth-order valence-corrected chi connectivity index (χ4v) is 2.10. The largest absolute Gasteiger partial charge is 0.322 e. The predicted molar refractivity (Wildman–Crippen MR) is 85.0 cm³/mol. The van der Waals surface area contributed by atoms with Crippen molar-refractivity contribution >= 4 is 29.3 Å². The number of aryl methyl sites for hydroxylation is 2. The Hall–Kier alpha value is -2.06. The molecule has 0 bridgehead atoms. The van der Waals surface area contributed by atoms with Crippen LogP contribution in [0.5, 0.6) is 0 Å². The second-order valence-corrected chi connectivity index (χ2v) is 5.07. The molecule has 2 rings (SSSR count). The number of halogens is 1. The first-order valence-corrected chi connectivity index (χ1v) is 6.75. The van der Waals surface area contributed by atoms with Gasteiger partial charge in [0.15, 0.2) is 0 Å². The van der Waals surface area contributed by atoms with Gasteiger partial charge in [-0.2, -0.15) is 0 Å². The molecule has 0 spiro atoms. The zero-order valence-corrected chi connectivity index (χ0v) is 12.2. The van der Waals surface area contributed by atoms with Crippen molar-refractivity contribution in [1.29, 1.82) is 0 Å². The van der Waals surface area contributed by atoms with Crippen molar-refractivity contribution < 1.29 is 4.79 Å². The molecule has 0 aliphatic carbocycles. The molecule has 0 atom stereocenters. The number of rotatable bonds is 3. The van der Waals surface area contributed by atoms with Gasteiger partial charge >= 0.3 is 0 Å². The van der Waals surface area contributed by atoms with Crippen LogP contribution < -0.4 is 5.32 Å². The van der Waals surface area contributed by atoms with Gasteiger partial charge < -0.3 is 5.32 Å². The monoisotopic (exact) mass is 285 g/mol. The molecular formula is C17H16ClNO. The van der Waals surface area contributed by atoms with Crippen LogP contribution in [0.4, 0.5) is 5.69 Å². The Morgan fingerprint density at radius 1 is 1.15 bits per heavy atom. The molecule has 0 aliphatic rings. The van der Waals surface area contributed by atoms with Gasteiger partial charge in [-0.3, -0.25) is 4.79 Å². The van der Waals surface area contributed by atoms with Gasteiger partial charge in [0.05, 0.1) is 0 Å². The molecule has 0 fully saturated rings. The Morgan fingerprint density at radius 2 is 1.90 bits per heavy atom. The van der Waals surface area contributed by atoms with Crippen molar-refractivity contribution in [2.45, 2.75) is 13.8 Å². The first-order valence-electron chi connectivity index (χ1n) is 6.37. The maximum absolute atomic E-state index is 11.9. The third-order valence-corrected chi connectivity index (χ3v) is 3.30. The SMILES string of the molecule is Cc1ccc(NC(=O)C=Cc2ccccc2Cl)c(C)c1. The van der Waals surface area contributed by atoms with Crippen LogP contribution in [0.15, 0.2) is 48.5 Å². The Labute approximate surface area is 124 Å². The number of hydrogen-bond donors (Lipinski definition) is 1. The van der Waals surface area contributed by atoms with Crippen LogP contribution in [0.2, 0.25) is 5.02 Å². The Bertz CT molecular complexity index is 662. The molecule has 2 nitrogen and oxygen atoms in total. The first-order chi connectivity index (χ1) is 9.56. The smallest absolute Gasteiger partial charge is 0.248 e. The fourth-order valence-electron chi connectivity index (χ4n) is 1.90. The summed E-state index contributed by atoms with van der Waals surface area (Å²) in [5.74, 6) is -0.170. The summed E-state index contributed by atoms with van der Waals surface area (Å²) in [6.07, 6.45) is 3.20. The molecule has 20 heavy (non-hydrogen) atoms. The van der Waals surface area contributed by atoms with E-state index in [-0.39, 0.29) is 5.91 Å². The second kappa shape index (κ2) is 6.40. The molecule has 0 unspecified atom stereocenters. The molecule has 2 aromatic carbocycles. The van der Waals surface area contributed by atoms with Crippen molar-refractivity contribution in [1.82, 2.24) is 0 Å². The minimum atomic E-state index is -0.170. The maximum Gasteiger partial charge on any atom is 0.248 e. The summed E-state index contributed by atoms with van der Waals surface area (Å²) in [5.41, 5.74) is 3.87. The summed E-state index contributed by atoms with van der Waals surface area (Å²) in [7, 11) is 0. The number of anilines is 1. The Balaban J connectivity index is 2.08. The van der Waals surface area contributed by atoms with Crippen LogP contribution in [0.1, 0.15) is 16.7 Å². The lowest BCUT2D eigenvalue weighted by Crippen LogP contribution is -2.08. The van der Waals surface area contributed by atoms with E-state index in [0.717, 1.165) is 16.8 Å². The van der Waals surface area contributed by atoms with Crippen molar-refractivity contribution in [2.75, 3.05) is 5.32 Å². The van der Waals surface area contributed by atoms with E-state index in [4.69, 9.17) is 11.6 Å². The number of carbonyl (C=O) groups is 1. The normalized spacial score (nSPS) is 10.8. The van der Waals surface area contributed by atoms with Gasteiger partial charge in [-0.05, 0) is 43.2 Å². The van der Waals surface area contributed by atoms with Crippen molar-refractivity contribution in [2.24, 2.45) is 0 Å². The minimum absolute atomic E-state index is 0.170. The van der Waals surface area contributed by atoms with E-state index < -0.39 is 0 Å². The van der Waals surface area contributed by atoms with Crippen LogP contribution in [0, 0.1) is 13.8 Å². The number of amides is 1. The van der Waals surface area contributed by atoms with E-state index in [9.17, 15) is 4.79 Å². The van der Waals surface area contributed by atoms with Gasteiger partial charge in [-0.25, -0.2) is 0 Å². The highest BCUT2D eigenvalue weighted by Crippen LogP contribution is 2.18. The number of carbonyl (C=O) groups excluding carboxylic acids is 1. The topological polar surface area (TPSA) is 29.1 Å². The fraction of sp³-hybridized carbons (Fsp3) is 0.118. The quantitative estimate of drug-likeness (QED) is 0.820. The summed E-state index contributed by atoms with van der Waals surface area (Å²) < 4.78 is 0. The third-order valence-electron chi connectivity index (χ3n) is 2.96. The molecule has 0 saturated carbocycles. The summed E-state index contributed by atoms with van der Waals surface area (Å²) in [5, 5.41) is 3.49. The summed E-state index contributed by atoms with van der Waals surface area (Å²) >= 11 is 6.03. The second-order valence-electron chi connectivity index (χ2n) is 4.66. The van der Waals surface area contributed by atoms with Crippen LogP contribution in [-0.4, -0.2) is 5.91 Å². The zero-order valence-electron chi connectivity index (χ0n) is 11.5. The van der Waals surface area contributed by atoms with Crippen molar-refractivity contribution in [3.8, 4) is 0 Å². The highest BCUT2D eigenvalue weighted by molar-refractivity contribution is 6.32. The van der Waals surface area contributed by atoms with Crippen molar-refractivity contribution in [3.63, 3.8) is 0 Å². The average Bonchev–Trinajstić information content (AvgIpc) is 2.41. The van der Waals surface area contributed by atoms with Crippen LogP contribution in [-0.2, 0) is 4.79 Å². The van der Waals surface area contributed by atoms with Gasteiger partial charge in [-0.1, -0.05) is 47.5 Å². The molecule has 102 valence electrons. The van der Waals surface area contributed by atoms with Gasteiger partial charge in [0.1, 0.15) is 0 Å². The zero-order chi connectivity index (χ0) is 14.5. The molecule has 2 aromatic rings. The first kappa shape index (κ1) is 14.4. The average molecular weight is 286 g/mol. The molecule has 0 aliphatic heterocycles. The van der Waals surface area contributed by atoms with Crippen LogP contribution in [0.25, 0.3) is 6.08 Å². The molecule has 1 amide bonds. The third kappa shape index (κ3) is 3.72. The lowest BCUT2D eigenvalue weighted by molar-refractivity contribution is -0.111. The molecule has 0 radical (unpaired) electrons. The van der Waals surface area contributed by atoms with E-state index in [1.165, 1.54) is 11.6 Å². The molecule has 0 heterocycles. The highest BCUT2D eigenvalue weighted by atomic mass is 35.5. The number of hydrogen-bond acceptors (Lipinski definition) is 1. The van der Waals surface area contributed by atoms with E-state index in [2.05, 4.69) is 5.32 Å². The lowest BCUT2D eigenvalue weighted by Gasteiger charge is -2.07. The molecule has 0 aromatic heterocycles. The van der Waals surface area contributed by atoms with E-state index in [1.54, 1.807) is 12.1 Å². The molecule has 1 N–H and O–H groups in total. The van der Waals surface area contributed by atoms with Gasteiger partial charge in [0.25, 0.3) is 0 Å². The molecule has 0 saturated heterocycles. The Morgan fingerprint density at radius 3 is 2.60 bits per heavy atom. The summed E-state index contributed by atoms with van der Waals surface area (Å²) in [4.78, 5) is 11.9. The summed E-state index contributed by atoms with van der Waals surface area (Å²) in [6.45, 7) is 4.00. The summed E-state index contributed by atoms with van der Waals surface area (Å²) in [6, 6.07) is 13.3. The molecular weight excluding hydrogens is 270 g/mol. The lowest BCUT2D eigenvalue weighted by atomic mass is 10.1. The van der Waals surface area contributed by atoms with Crippen LogP contribution in [0.3, 0.4) is 0 Å². The van der Waals surface area contributed by atoms with E-state index >= 15 is 0 Å². The number of benzene rings is 2. The molecule has 3 heteroatoms. The maximum atomic E-state index is 11.9. The highest BCUT2D eigenvalue weighted by Gasteiger charge is 2.02. The van der Waals surface area contributed by atoms with Gasteiger partial charge in [0, 0.05) is 16.8 Å². The van der Waals surface area contributed by atoms with E-state index in [1.807, 2.05) is 50.2 Å². The van der Waals surface area contributed by atoms with Gasteiger partial charge in [0.2, 0.25) is 5.91 Å².